The summed E-state index contributed by atoms with van der Waals surface area (Å²) in [5.74, 6) is -0.201. The molecule has 1 aliphatic carbocycles. The number of methoxy groups -OCH3 is 2. The number of hydrogen-bond acceptors (Lipinski definition) is 5. The molecule has 16 heavy (non-hydrogen) atoms. The van der Waals surface area contributed by atoms with Crippen LogP contribution < -0.4 is 5.32 Å². The molecule has 1 fully saturated rings. The number of rotatable bonds is 6. The van der Waals surface area contributed by atoms with Gasteiger partial charge in [-0.2, -0.15) is 0 Å². The van der Waals surface area contributed by atoms with Crippen molar-refractivity contribution in [1.29, 1.82) is 0 Å². The van der Waals surface area contributed by atoms with Gasteiger partial charge in [0.05, 0.1) is 26.4 Å². The average molecular weight is 231 g/mol. The SMILES string of the molecule is CNC1(C(=O)OC)CCC(OCCOC)C1. The molecule has 1 N–H and O–H groups in total. The summed E-state index contributed by atoms with van der Waals surface area (Å²) in [6.45, 7) is 1.16. The maximum Gasteiger partial charge on any atom is 0.326 e. The van der Waals surface area contributed by atoms with Crippen LogP contribution in [0.4, 0.5) is 0 Å². The first kappa shape index (κ1) is 13.4. The molecule has 0 saturated heterocycles. The van der Waals surface area contributed by atoms with Gasteiger partial charge < -0.3 is 19.5 Å². The van der Waals surface area contributed by atoms with Gasteiger partial charge in [0.15, 0.2) is 0 Å². The van der Waals surface area contributed by atoms with Gasteiger partial charge in [0, 0.05) is 13.5 Å². The van der Waals surface area contributed by atoms with E-state index in [2.05, 4.69) is 5.32 Å². The molecule has 2 unspecified atom stereocenters. The largest absolute Gasteiger partial charge is 0.468 e. The summed E-state index contributed by atoms with van der Waals surface area (Å²) >= 11 is 0. The second-order valence-electron chi connectivity index (χ2n) is 4.05. The predicted molar refractivity (Wildman–Crippen MR) is 59.3 cm³/mol. The van der Waals surface area contributed by atoms with Crippen LogP contribution >= 0.6 is 0 Å². The number of carbonyl (C=O) groups is 1. The van der Waals surface area contributed by atoms with Crippen molar-refractivity contribution in [2.75, 3.05) is 34.5 Å². The van der Waals surface area contributed by atoms with E-state index in [1.807, 2.05) is 0 Å². The lowest BCUT2D eigenvalue weighted by Crippen LogP contribution is -2.49. The van der Waals surface area contributed by atoms with Crippen molar-refractivity contribution in [2.24, 2.45) is 0 Å². The minimum Gasteiger partial charge on any atom is -0.468 e. The van der Waals surface area contributed by atoms with Crippen LogP contribution in [-0.4, -0.2) is 52.1 Å². The van der Waals surface area contributed by atoms with E-state index < -0.39 is 5.54 Å². The normalized spacial score (nSPS) is 29.3. The van der Waals surface area contributed by atoms with E-state index in [4.69, 9.17) is 14.2 Å². The molecule has 0 spiro atoms. The van der Waals surface area contributed by atoms with E-state index >= 15 is 0 Å². The first-order valence-corrected chi connectivity index (χ1v) is 5.56. The van der Waals surface area contributed by atoms with Gasteiger partial charge >= 0.3 is 5.97 Å². The van der Waals surface area contributed by atoms with E-state index in [-0.39, 0.29) is 12.1 Å². The van der Waals surface area contributed by atoms with E-state index in [9.17, 15) is 4.79 Å². The lowest BCUT2D eigenvalue weighted by atomic mass is 9.98. The predicted octanol–water partition coefficient (Wildman–Crippen LogP) is 0.333. The molecule has 0 aliphatic heterocycles. The summed E-state index contributed by atoms with van der Waals surface area (Å²) in [5.41, 5.74) is -0.563. The van der Waals surface area contributed by atoms with Crippen LogP contribution in [0.2, 0.25) is 0 Å². The van der Waals surface area contributed by atoms with Crippen LogP contribution in [-0.2, 0) is 19.0 Å². The number of nitrogens with one attached hydrogen (secondary N) is 1. The van der Waals surface area contributed by atoms with Crippen molar-refractivity contribution in [3.63, 3.8) is 0 Å². The molecule has 0 aromatic carbocycles. The van der Waals surface area contributed by atoms with Crippen LogP contribution in [0.5, 0.6) is 0 Å². The van der Waals surface area contributed by atoms with Gasteiger partial charge in [-0.15, -0.1) is 0 Å². The van der Waals surface area contributed by atoms with Crippen LogP contribution in [0.25, 0.3) is 0 Å². The fraction of sp³-hybridized carbons (Fsp3) is 0.909. The lowest BCUT2D eigenvalue weighted by Gasteiger charge is -2.25. The molecule has 5 nitrogen and oxygen atoms in total. The molecule has 1 rings (SSSR count). The van der Waals surface area contributed by atoms with E-state index in [1.165, 1.54) is 7.11 Å². The van der Waals surface area contributed by atoms with Gasteiger partial charge in [0.1, 0.15) is 5.54 Å². The quantitative estimate of drug-likeness (QED) is 0.527. The highest BCUT2D eigenvalue weighted by Gasteiger charge is 2.45. The summed E-state index contributed by atoms with van der Waals surface area (Å²) in [6.07, 6.45) is 2.41. The Morgan fingerprint density at radius 3 is 2.75 bits per heavy atom. The zero-order valence-electron chi connectivity index (χ0n) is 10.2. The molecule has 0 radical (unpaired) electrons. The second-order valence-corrected chi connectivity index (χ2v) is 4.05. The minimum atomic E-state index is -0.563. The highest BCUT2D eigenvalue weighted by molar-refractivity contribution is 5.81. The number of esters is 1. The van der Waals surface area contributed by atoms with Crippen LogP contribution in [0.15, 0.2) is 0 Å². The van der Waals surface area contributed by atoms with Crippen LogP contribution in [0.1, 0.15) is 19.3 Å². The van der Waals surface area contributed by atoms with Gasteiger partial charge in [-0.05, 0) is 19.9 Å². The first-order chi connectivity index (χ1) is 7.68. The zero-order chi connectivity index (χ0) is 12.0. The molecule has 0 aromatic rings. The summed E-state index contributed by atoms with van der Waals surface area (Å²) in [6, 6.07) is 0. The van der Waals surface area contributed by atoms with Crippen molar-refractivity contribution in [3.8, 4) is 0 Å². The topological polar surface area (TPSA) is 56.8 Å². The Balaban J connectivity index is 2.44. The highest BCUT2D eigenvalue weighted by atomic mass is 16.5. The molecule has 0 amide bonds. The molecule has 0 aromatic heterocycles. The monoisotopic (exact) mass is 231 g/mol. The van der Waals surface area contributed by atoms with Crippen LogP contribution in [0, 0.1) is 0 Å². The maximum atomic E-state index is 11.7. The smallest absolute Gasteiger partial charge is 0.326 e. The lowest BCUT2D eigenvalue weighted by molar-refractivity contribution is -0.148. The van der Waals surface area contributed by atoms with Crippen molar-refractivity contribution in [2.45, 2.75) is 30.9 Å². The summed E-state index contributed by atoms with van der Waals surface area (Å²) in [7, 11) is 4.85. The van der Waals surface area contributed by atoms with Crippen molar-refractivity contribution < 1.29 is 19.0 Å². The Labute approximate surface area is 96.4 Å². The van der Waals surface area contributed by atoms with Crippen LogP contribution in [0.3, 0.4) is 0 Å². The highest BCUT2D eigenvalue weighted by Crippen LogP contribution is 2.32. The number of carbonyl (C=O) groups excluding carboxylic acids is 1. The van der Waals surface area contributed by atoms with E-state index in [0.29, 0.717) is 19.6 Å². The minimum absolute atomic E-state index is 0.113. The molecule has 1 saturated carbocycles. The van der Waals surface area contributed by atoms with E-state index in [0.717, 1.165) is 12.8 Å². The van der Waals surface area contributed by atoms with E-state index in [1.54, 1.807) is 14.2 Å². The second kappa shape index (κ2) is 6.18. The van der Waals surface area contributed by atoms with Crippen molar-refractivity contribution in [3.05, 3.63) is 0 Å². The Morgan fingerprint density at radius 1 is 1.44 bits per heavy atom. The average Bonchev–Trinajstić information content (AvgIpc) is 2.73. The van der Waals surface area contributed by atoms with Gasteiger partial charge in [0.25, 0.3) is 0 Å². The summed E-state index contributed by atoms with van der Waals surface area (Å²) in [4.78, 5) is 11.7. The fourth-order valence-electron chi connectivity index (χ4n) is 2.15. The first-order valence-electron chi connectivity index (χ1n) is 5.56. The Hall–Kier alpha value is -0.650. The molecule has 94 valence electrons. The molecule has 5 heteroatoms. The number of likely N-dealkylation sites (N-methyl/N-ethyl adjacent to an activating group) is 1. The number of ether oxygens (including phenoxy) is 3. The van der Waals surface area contributed by atoms with Gasteiger partial charge in [-0.1, -0.05) is 0 Å². The van der Waals surface area contributed by atoms with Gasteiger partial charge in [0.2, 0.25) is 0 Å². The molecule has 1 aliphatic rings. The Bertz CT molecular complexity index is 234. The molecular formula is C11H21NO4. The summed E-state index contributed by atoms with van der Waals surface area (Å²) < 4.78 is 15.4. The third kappa shape index (κ3) is 2.93. The number of hydrogen-bond donors (Lipinski definition) is 1. The maximum absolute atomic E-state index is 11.7. The molecule has 0 bridgehead atoms. The van der Waals surface area contributed by atoms with Crippen molar-refractivity contribution >= 4 is 5.97 Å². The third-order valence-corrected chi connectivity index (χ3v) is 3.16. The third-order valence-electron chi connectivity index (χ3n) is 3.16. The molecule has 0 heterocycles. The molecular weight excluding hydrogens is 210 g/mol. The standard InChI is InChI=1S/C11H21NO4/c1-12-11(10(13)15-3)5-4-9(8-11)16-7-6-14-2/h9,12H,4-8H2,1-3H3. The molecule has 2 atom stereocenters. The van der Waals surface area contributed by atoms with Crippen molar-refractivity contribution in [1.82, 2.24) is 5.32 Å². The van der Waals surface area contributed by atoms with Gasteiger partial charge in [-0.25, -0.2) is 0 Å². The fourth-order valence-corrected chi connectivity index (χ4v) is 2.15. The summed E-state index contributed by atoms with van der Waals surface area (Å²) in [5, 5.41) is 3.06. The Morgan fingerprint density at radius 2 is 2.19 bits per heavy atom. The Kier molecular flexibility index (Phi) is 5.18. The van der Waals surface area contributed by atoms with Gasteiger partial charge in [-0.3, -0.25) is 4.79 Å². The zero-order valence-corrected chi connectivity index (χ0v) is 10.2.